The van der Waals surface area contributed by atoms with Gasteiger partial charge in [-0.25, -0.2) is 9.97 Å². The van der Waals surface area contributed by atoms with Crippen LogP contribution in [0.5, 0.6) is 5.75 Å². The zero-order valence-corrected chi connectivity index (χ0v) is 12.7. The van der Waals surface area contributed by atoms with Gasteiger partial charge >= 0.3 is 0 Å². The third-order valence-electron chi connectivity index (χ3n) is 2.83. The Bertz CT molecular complexity index is 835. The van der Waals surface area contributed by atoms with Crippen LogP contribution < -0.4 is 5.32 Å². The molecule has 0 spiro atoms. The van der Waals surface area contributed by atoms with E-state index in [1.807, 2.05) is 12.1 Å². The topological polar surface area (TPSA) is 75.1 Å². The number of benzene rings is 1. The van der Waals surface area contributed by atoms with E-state index in [4.69, 9.17) is 11.6 Å². The standard InChI is InChI=1S/C15H10ClN3O2S/c16-10-4-1-3-9(7-10)15-18-11(8-22-15)14(21)19-13-12(20)5-2-6-17-13/h1-8,20H,(H,17,19,21). The fraction of sp³-hybridized carbons (Fsp3) is 0. The fourth-order valence-electron chi connectivity index (χ4n) is 1.80. The third-order valence-corrected chi connectivity index (χ3v) is 3.95. The van der Waals surface area contributed by atoms with E-state index >= 15 is 0 Å². The van der Waals surface area contributed by atoms with Crippen molar-refractivity contribution in [3.05, 3.63) is 58.7 Å². The SMILES string of the molecule is O=C(Nc1ncccc1O)c1csc(-c2cccc(Cl)c2)n1. The third kappa shape index (κ3) is 3.08. The molecule has 22 heavy (non-hydrogen) atoms. The van der Waals surface area contributed by atoms with E-state index in [9.17, 15) is 9.90 Å². The molecule has 0 saturated heterocycles. The van der Waals surface area contributed by atoms with Gasteiger partial charge in [-0.2, -0.15) is 0 Å². The van der Waals surface area contributed by atoms with Crippen molar-refractivity contribution in [2.24, 2.45) is 0 Å². The highest BCUT2D eigenvalue weighted by atomic mass is 35.5. The first-order valence-corrected chi connectivity index (χ1v) is 7.56. The molecule has 5 nitrogen and oxygen atoms in total. The normalized spacial score (nSPS) is 10.4. The highest BCUT2D eigenvalue weighted by Gasteiger charge is 2.14. The molecule has 0 atom stereocenters. The predicted molar refractivity (Wildman–Crippen MR) is 86.4 cm³/mol. The highest BCUT2D eigenvalue weighted by molar-refractivity contribution is 7.13. The van der Waals surface area contributed by atoms with E-state index in [0.717, 1.165) is 5.56 Å². The minimum absolute atomic E-state index is 0.0962. The van der Waals surface area contributed by atoms with Crippen LogP contribution in [0.1, 0.15) is 10.5 Å². The molecule has 1 aromatic carbocycles. The van der Waals surface area contributed by atoms with Gasteiger partial charge in [-0.1, -0.05) is 23.7 Å². The van der Waals surface area contributed by atoms with Crippen LogP contribution in [0.4, 0.5) is 5.82 Å². The van der Waals surface area contributed by atoms with Crippen molar-refractivity contribution in [2.75, 3.05) is 5.32 Å². The van der Waals surface area contributed by atoms with Crippen LogP contribution in [0, 0.1) is 0 Å². The summed E-state index contributed by atoms with van der Waals surface area (Å²) in [4.78, 5) is 20.3. The minimum atomic E-state index is -0.432. The lowest BCUT2D eigenvalue weighted by atomic mass is 10.2. The molecule has 110 valence electrons. The van der Waals surface area contributed by atoms with Crippen molar-refractivity contribution in [1.82, 2.24) is 9.97 Å². The molecule has 0 radical (unpaired) electrons. The van der Waals surface area contributed by atoms with E-state index in [0.29, 0.717) is 10.0 Å². The number of nitrogens with one attached hydrogen (secondary N) is 1. The summed E-state index contributed by atoms with van der Waals surface area (Å²) in [6, 6.07) is 10.3. The van der Waals surface area contributed by atoms with Crippen molar-refractivity contribution in [2.45, 2.75) is 0 Å². The zero-order chi connectivity index (χ0) is 15.5. The second-order valence-electron chi connectivity index (χ2n) is 4.37. The number of anilines is 1. The lowest BCUT2D eigenvalue weighted by molar-refractivity contribution is 0.102. The number of aromatic nitrogens is 2. The van der Waals surface area contributed by atoms with Crippen molar-refractivity contribution in [3.63, 3.8) is 0 Å². The summed E-state index contributed by atoms with van der Waals surface area (Å²) in [5.41, 5.74) is 1.10. The summed E-state index contributed by atoms with van der Waals surface area (Å²) in [5, 5.41) is 15.1. The van der Waals surface area contributed by atoms with Gasteiger partial charge in [-0.05, 0) is 24.3 Å². The first kappa shape index (κ1) is 14.5. The number of nitrogens with zero attached hydrogens (tertiary/aromatic N) is 2. The largest absolute Gasteiger partial charge is 0.504 e. The lowest BCUT2D eigenvalue weighted by Gasteiger charge is -2.03. The fourth-order valence-corrected chi connectivity index (χ4v) is 2.78. The Hall–Kier alpha value is -2.44. The van der Waals surface area contributed by atoms with Gasteiger partial charge < -0.3 is 10.4 Å². The number of rotatable bonds is 3. The Morgan fingerprint density at radius 1 is 1.27 bits per heavy atom. The van der Waals surface area contributed by atoms with Gasteiger partial charge in [0.05, 0.1) is 0 Å². The minimum Gasteiger partial charge on any atom is -0.504 e. The van der Waals surface area contributed by atoms with Gasteiger partial charge in [0.1, 0.15) is 10.7 Å². The number of hydrogen-bond donors (Lipinski definition) is 2. The van der Waals surface area contributed by atoms with Crippen LogP contribution in [0.15, 0.2) is 48.0 Å². The van der Waals surface area contributed by atoms with Crippen LogP contribution in [0.3, 0.4) is 0 Å². The molecule has 2 heterocycles. The van der Waals surface area contributed by atoms with Crippen LogP contribution in [0.25, 0.3) is 10.6 Å². The molecule has 0 fully saturated rings. The van der Waals surface area contributed by atoms with Crippen LogP contribution in [-0.4, -0.2) is 21.0 Å². The van der Waals surface area contributed by atoms with Crippen molar-refractivity contribution in [1.29, 1.82) is 0 Å². The van der Waals surface area contributed by atoms with Gasteiger partial charge in [0.25, 0.3) is 5.91 Å². The molecule has 0 aliphatic heterocycles. The molecular weight excluding hydrogens is 322 g/mol. The summed E-state index contributed by atoms with van der Waals surface area (Å²) in [6.07, 6.45) is 1.48. The lowest BCUT2D eigenvalue weighted by Crippen LogP contribution is -2.13. The highest BCUT2D eigenvalue weighted by Crippen LogP contribution is 2.26. The maximum absolute atomic E-state index is 12.1. The Morgan fingerprint density at radius 2 is 2.14 bits per heavy atom. The maximum atomic E-state index is 12.1. The summed E-state index contributed by atoms with van der Waals surface area (Å²) in [6.45, 7) is 0. The van der Waals surface area contributed by atoms with Crippen molar-refractivity contribution in [3.8, 4) is 16.3 Å². The Morgan fingerprint density at radius 3 is 2.91 bits per heavy atom. The number of pyridine rings is 1. The monoisotopic (exact) mass is 331 g/mol. The Labute approximate surface area is 135 Å². The second-order valence-corrected chi connectivity index (χ2v) is 5.67. The molecule has 2 N–H and O–H groups in total. The second kappa shape index (κ2) is 6.13. The molecule has 1 amide bonds. The average Bonchev–Trinajstić information content (AvgIpc) is 2.99. The smallest absolute Gasteiger partial charge is 0.276 e. The molecule has 7 heteroatoms. The molecule has 3 rings (SSSR count). The van der Waals surface area contributed by atoms with E-state index in [1.54, 1.807) is 23.6 Å². The maximum Gasteiger partial charge on any atom is 0.276 e. The number of thiazole rings is 1. The molecule has 0 saturated carbocycles. The number of hydrogen-bond acceptors (Lipinski definition) is 5. The molecule has 0 aliphatic carbocycles. The van der Waals surface area contributed by atoms with E-state index in [2.05, 4.69) is 15.3 Å². The van der Waals surface area contributed by atoms with Gasteiger partial charge in [-0.15, -0.1) is 11.3 Å². The first-order valence-electron chi connectivity index (χ1n) is 6.30. The van der Waals surface area contributed by atoms with E-state index in [1.165, 1.54) is 23.6 Å². The molecule has 0 unspecified atom stereocenters. The number of amides is 1. The molecule has 2 aromatic heterocycles. The molecular formula is C15H10ClN3O2S. The summed E-state index contributed by atoms with van der Waals surface area (Å²) in [5.74, 6) is -0.426. The summed E-state index contributed by atoms with van der Waals surface area (Å²) >= 11 is 7.29. The zero-order valence-electron chi connectivity index (χ0n) is 11.2. The van der Waals surface area contributed by atoms with Crippen molar-refractivity contribution < 1.29 is 9.90 Å². The van der Waals surface area contributed by atoms with Crippen molar-refractivity contribution >= 4 is 34.7 Å². The summed E-state index contributed by atoms with van der Waals surface area (Å²) < 4.78 is 0. The number of aromatic hydroxyl groups is 1. The quantitative estimate of drug-likeness (QED) is 0.765. The van der Waals surface area contributed by atoms with E-state index in [-0.39, 0.29) is 17.3 Å². The van der Waals surface area contributed by atoms with Gasteiger partial charge in [-0.3, -0.25) is 4.79 Å². The number of carbonyl (C=O) groups is 1. The van der Waals surface area contributed by atoms with E-state index < -0.39 is 5.91 Å². The van der Waals surface area contributed by atoms with Gasteiger partial charge in [0.15, 0.2) is 11.6 Å². The first-order chi connectivity index (χ1) is 10.6. The average molecular weight is 332 g/mol. The number of carbonyl (C=O) groups excluding carboxylic acids is 1. The van der Waals surface area contributed by atoms with Crippen LogP contribution in [0.2, 0.25) is 5.02 Å². The predicted octanol–water partition coefficient (Wildman–Crippen LogP) is 3.82. The van der Waals surface area contributed by atoms with Crippen LogP contribution in [-0.2, 0) is 0 Å². The molecule has 0 aliphatic rings. The van der Waals surface area contributed by atoms with Gasteiger partial charge in [0, 0.05) is 22.2 Å². The summed E-state index contributed by atoms with van der Waals surface area (Å²) in [7, 11) is 0. The Balaban J connectivity index is 1.82. The Kier molecular flexibility index (Phi) is 4.04. The molecule has 3 aromatic rings. The number of halogens is 1. The molecule has 0 bridgehead atoms. The van der Waals surface area contributed by atoms with Gasteiger partial charge in [0.2, 0.25) is 0 Å². The van der Waals surface area contributed by atoms with Crippen LogP contribution >= 0.6 is 22.9 Å².